The third kappa shape index (κ3) is 6.86. The zero-order chi connectivity index (χ0) is 33.2. The van der Waals surface area contributed by atoms with Crippen molar-refractivity contribution in [3.05, 3.63) is 182 Å². The summed E-state index contributed by atoms with van der Waals surface area (Å²) in [6.07, 6.45) is -1.71. The lowest BCUT2D eigenvalue weighted by molar-refractivity contribution is -0.147. The van der Waals surface area contributed by atoms with Crippen molar-refractivity contribution < 1.29 is 23.1 Å². The number of carbonyl (C=O) groups is 2. The van der Waals surface area contributed by atoms with Crippen LogP contribution in [0.2, 0.25) is 0 Å². The molecule has 0 aliphatic rings. The monoisotopic (exact) mass is 672 g/mol. The standard InChI is InChI=1S/C41H36O5S2/c42-39(41(44)46-48(36-25-13-4-14-26-36,37-27-15-5-16-28-37)38-29-17-6-18-30-38)31-32-40(43)45-47(33-19-7-1-8-20-33,34-21-9-2-10-22-34)35-23-11-3-12-24-35/h1-30,40,43H,31-32H2. The lowest BCUT2D eigenvalue weighted by atomic mass is 10.2. The van der Waals surface area contributed by atoms with Gasteiger partial charge in [-0.25, -0.2) is 4.79 Å². The van der Waals surface area contributed by atoms with E-state index in [1.165, 1.54) is 0 Å². The van der Waals surface area contributed by atoms with Gasteiger partial charge in [0.05, 0.1) is 0 Å². The molecule has 0 aliphatic heterocycles. The number of rotatable bonds is 13. The summed E-state index contributed by atoms with van der Waals surface area (Å²) in [7, 11) is -5.02. The van der Waals surface area contributed by atoms with E-state index in [1.54, 1.807) is 0 Å². The molecule has 48 heavy (non-hydrogen) atoms. The van der Waals surface area contributed by atoms with E-state index in [-0.39, 0.29) is 12.8 Å². The third-order valence-corrected chi connectivity index (χ3v) is 14.3. The molecule has 5 nitrogen and oxygen atoms in total. The van der Waals surface area contributed by atoms with Crippen molar-refractivity contribution in [2.45, 2.75) is 48.5 Å². The fraction of sp³-hybridized carbons (Fsp3) is 0.0732. The molecule has 242 valence electrons. The summed E-state index contributed by atoms with van der Waals surface area (Å²) in [6.45, 7) is 0. The molecule has 0 radical (unpaired) electrons. The van der Waals surface area contributed by atoms with Gasteiger partial charge in [0.1, 0.15) is 0 Å². The van der Waals surface area contributed by atoms with Crippen LogP contribution in [0.4, 0.5) is 0 Å². The number of aliphatic hydroxyl groups is 1. The van der Waals surface area contributed by atoms with Gasteiger partial charge in [-0.15, -0.1) is 0 Å². The van der Waals surface area contributed by atoms with Crippen LogP contribution in [0, 0.1) is 0 Å². The maximum Gasteiger partial charge on any atom is 0.385 e. The highest BCUT2D eigenvalue weighted by Gasteiger charge is 2.38. The van der Waals surface area contributed by atoms with Crippen LogP contribution in [0.5, 0.6) is 0 Å². The maximum atomic E-state index is 13.8. The van der Waals surface area contributed by atoms with Gasteiger partial charge in [0.2, 0.25) is 5.78 Å². The van der Waals surface area contributed by atoms with Crippen LogP contribution in [0.15, 0.2) is 211 Å². The van der Waals surface area contributed by atoms with Crippen LogP contribution < -0.4 is 0 Å². The number of Topliss-reactive ketones (excluding diaryl/α,β-unsaturated/α-hetero) is 1. The van der Waals surface area contributed by atoms with Crippen LogP contribution in [-0.2, 0) is 18.0 Å². The molecule has 0 bridgehead atoms. The van der Waals surface area contributed by atoms with Gasteiger partial charge in [0.15, 0.2) is 6.29 Å². The van der Waals surface area contributed by atoms with E-state index < -0.39 is 38.7 Å². The van der Waals surface area contributed by atoms with Gasteiger partial charge in [0, 0.05) is 42.2 Å². The minimum atomic E-state index is -2.61. The van der Waals surface area contributed by atoms with E-state index in [9.17, 15) is 14.7 Å². The van der Waals surface area contributed by atoms with Crippen molar-refractivity contribution in [2.24, 2.45) is 0 Å². The molecule has 0 spiro atoms. The first-order valence-corrected chi connectivity index (χ1v) is 18.8. The molecule has 6 aromatic rings. The summed E-state index contributed by atoms with van der Waals surface area (Å²) >= 11 is 0. The van der Waals surface area contributed by atoms with Crippen LogP contribution in [-0.4, -0.2) is 23.1 Å². The average molecular weight is 673 g/mol. The molecule has 1 N–H and O–H groups in total. The molecule has 0 aliphatic carbocycles. The van der Waals surface area contributed by atoms with Crippen molar-refractivity contribution in [2.75, 3.05) is 0 Å². The smallest absolute Gasteiger partial charge is 0.385 e. The second-order valence-electron chi connectivity index (χ2n) is 10.9. The van der Waals surface area contributed by atoms with E-state index in [1.807, 2.05) is 182 Å². The number of aliphatic hydroxyl groups excluding tert-OH is 1. The van der Waals surface area contributed by atoms with Crippen molar-refractivity contribution in [1.82, 2.24) is 0 Å². The van der Waals surface area contributed by atoms with Gasteiger partial charge in [-0.2, -0.15) is 0 Å². The highest BCUT2D eigenvalue weighted by atomic mass is 32.3. The van der Waals surface area contributed by atoms with E-state index >= 15 is 0 Å². The highest BCUT2D eigenvalue weighted by Crippen LogP contribution is 2.70. The molecule has 1 unspecified atom stereocenters. The summed E-state index contributed by atoms with van der Waals surface area (Å²) in [5.74, 6) is -1.70. The normalized spacial score (nSPS) is 12.9. The van der Waals surface area contributed by atoms with Crippen molar-refractivity contribution >= 4 is 32.4 Å². The molecule has 7 heteroatoms. The summed E-state index contributed by atoms with van der Waals surface area (Å²) in [5.41, 5.74) is 0. The van der Waals surface area contributed by atoms with Crippen LogP contribution in [0.25, 0.3) is 0 Å². The van der Waals surface area contributed by atoms with Gasteiger partial charge in [0.25, 0.3) is 0 Å². The highest BCUT2D eigenvalue weighted by molar-refractivity contribution is 8.30. The topological polar surface area (TPSA) is 72.8 Å². The SMILES string of the molecule is O=C(CCC(O)OS(c1ccccc1)(c1ccccc1)c1ccccc1)C(=O)OS(c1ccccc1)(c1ccccc1)c1ccccc1. The number of hydrogen-bond donors (Lipinski definition) is 1. The maximum absolute atomic E-state index is 13.8. The first kappa shape index (κ1) is 33.0. The average Bonchev–Trinajstić information content (AvgIpc) is 3.17. The van der Waals surface area contributed by atoms with E-state index in [0.29, 0.717) is 0 Å². The van der Waals surface area contributed by atoms with Gasteiger partial charge in [-0.3, -0.25) is 8.98 Å². The molecule has 6 rings (SSSR count). The number of hydrogen-bond acceptors (Lipinski definition) is 5. The Morgan fingerprint density at radius 2 is 0.729 bits per heavy atom. The minimum absolute atomic E-state index is 0.0977. The third-order valence-electron chi connectivity index (χ3n) is 7.75. The first-order chi connectivity index (χ1) is 23.5. The Hall–Kier alpha value is -4.92. The molecule has 0 saturated heterocycles. The molecule has 0 saturated carbocycles. The largest absolute Gasteiger partial charge is 0.396 e. The Morgan fingerprint density at radius 3 is 1.02 bits per heavy atom. The van der Waals surface area contributed by atoms with Gasteiger partial charge >= 0.3 is 5.97 Å². The number of ketones is 1. The molecular weight excluding hydrogens is 637 g/mol. The number of benzene rings is 6. The zero-order valence-corrected chi connectivity index (χ0v) is 27.8. The Morgan fingerprint density at radius 1 is 0.458 bits per heavy atom. The first-order valence-electron chi connectivity index (χ1n) is 15.6. The van der Waals surface area contributed by atoms with E-state index in [4.69, 9.17) is 8.37 Å². The Labute approximate surface area is 284 Å². The molecule has 0 fully saturated rings. The van der Waals surface area contributed by atoms with Crippen LogP contribution >= 0.6 is 20.6 Å². The van der Waals surface area contributed by atoms with Gasteiger partial charge in [-0.05, 0) is 83.1 Å². The Kier molecular flexibility index (Phi) is 10.5. The Balaban J connectivity index is 1.29. The number of carbonyl (C=O) groups excluding carboxylic acids is 2. The van der Waals surface area contributed by atoms with E-state index in [2.05, 4.69) is 0 Å². The van der Waals surface area contributed by atoms with Gasteiger partial charge in [-0.1, -0.05) is 120 Å². The second kappa shape index (κ2) is 15.3. The zero-order valence-electron chi connectivity index (χ0n) is 26.2. The lowest BCUT2D eigenvalue weighted by Crippen LogP contribution is -2.24. The van der Waals surface area contributed by atoms with Crippen LogP contribution in [0.3, 0.4) is 0 Å². The molecule has 0 aromatic heterocycles. The molecule has 6 aromatic carbocycles. The molecule has 1 atom stereocenters. The van der Waals surface area contributed by atoms with Crippen molar-refractivity contribution in [3.63, 3.8) is 0 Å². The fourth-order valence-electron chi connectivity index (χ4n) is 5.53. The minimum Gasteiger partial charge on any atom is -0.396 e. The second-order valence-corrected chi connectivity index (χ2v) is 16.3. The lowest BCUT2D eigenvalue weighted by Gasteiger charge is -2.42. The van der Waals surface area contributed by atoms with Gasteiger partial charge < -0.3 is 9.29 Å². The summed E-state index contributed by atoms with van der Waals surface area (Å²) in [4.78, 5) is 32.4. The summed E-state index contributed by atoms with van der Waals surface area (Å²) in [5, 5.41) is 11.5. The Bertz CT molecular complexity index is 1710. The molecule has 0 heterocycles. The summed E-state index contributed by atoms with van der Waals surface area (Å²) in [6, 6.07) is 58.0. The van der Waals surface area contributed by atoms with Crippen molar-refractivity contribution in [1.29, 1.82) is 0 Å². The van der Waals surface area contributed by atoms with Crippen LogP contribution in [0.1, 0.15) is 12.8 Å². The van der Waals surface area contributed by atoms with Crippen molar-refractivity contribution in [3.8, 4) is 0 Å². The van der Waals surface area contributed by atoms with E-state index in [0.717, 1.165) is 29.4 Å². The quantitative estimate of drug-likeness (QED) is 0.0977. The fourth-order valence-corrected chi connectivity index (χ4v) is 11.8. The molecule has 0 amide bonds. The predicted molar refractivity (Wildman–Crippen MR) is 191 cm³/mol. The summed E-state index contributed by atoms with van der Waals surface area (Å²) < 4.78 is 13.1. The molecular formula is C41H36O5S2. The predicted octanol–water partition coefficient (Wildman–Crippen LogP) is 10.0.